The minimum absolute atomic E-state index is 0.0571. The lowest BCUT2D eigenvalue weighted by Gasteiger charge is -2.35. The molecule has 2 fully saturated rings. The average molecular weight is 347 g/mol. The summed E-state index contributed by atoms with van der Waals surface area (Å²) in [5.41, 5.74) is 0.490. The van der Waals surface area contributed by atoms with Gasteiger partial charge < -0.3 is 19.7 Å². The first kappa shape index (κ1) is 17.1. The van der Waals surface area contributed by atoms with Gasteiger partial charge in [0.25, 0.3) is 5.91 Å². The fraction of sp³-hybridized carbons (Fsp3) is 0.471. The highest BCUT2D eigenvalue weighted by atomic mass is 16.5. The van der Waals surface area contributed by atoms with Gasteiger partial charge in [-0.25, -0.2) is 4.79 Å². The Morgan fingerprint density at radius 1 is 1.08 bits per heavy atom. The highest BCUT2D eigenvalue weighted by Crippen LogP contribution is 2.25. The van der Waals surface area contributed by atoms with E-state index in [-0.39, 0.29) is 30.4 Å². The van der Waals surface area contributed by atoms with Gasteiger partial charge in [0.05, 0.1) is 20.8 Å². The second-order valence-corrected chi connectivity index (χ2v) is 6.05. The lowest BCUT2D eigenvalue weighted by molar-refractivity contribution is -0.127. The summed E-state index contributed by atoms with van der Waals surface area (Å²) in [6.45, 7) is 1.03. The minimum Gasteiger partial charge on any atom is -0.497 e. The van der Waals surface area contributed by atoms with E-state index in [0.29, 0.717) is 43.0 Å². The van der Waals surface area contributed by atoms with Crippen LogP contribution in [-0.4, -0.2) is 67.5 Å². The quantitative estimate of drug-likeness (QED) is 0.816. The van der Waals surface area contributed by atoms with Gasteiger partial charge in [-0.15, -0.1) is 0 Å². The molecule has 2 aliphatic rings. The predicted molar refractivity (Wildman–Crippen MR) is 88.7 cm³/mol. The smallest absolute Gasteiger partial charge is 0.324 e. The van der Waals surface area contributed by atoms with Crippen molar-refractivity contribution >= 4 is 17.8 Å². The van der Waals surface area contributed by atoms with Crippen LogP contribution >= 0.6 is 0 Å². The zero-order chi connectivity index (χ0) is 18.0. The van der Waals surface area contributed by atoms with E-state index in [1.165, 1.54) is 19.1 Å². The highest BCUT2D eigenvalue weighted by Gasteiger charge is 2.37. The second kappa shape index (κ2) is 7.00. The van der Waals surface area contributed by atoms with Gasteiger partial charge in [0.1, 0.15) is 11.5 Å². The SMILES string of the molecule is COc1cc(OC)cc(C(=O)N2CCC(N3C(=O)CNC3=O)CC2)c1. The molecule has 4 amide bonds. The molecule has 2 saturated heterocycles. The summed E-state index contributed by atoms with van der Waals surface area (Å²) in [7, 11) is 3.07. The summed E-state index contributed by atoms with van der Waals surface area (Å²) in [6, 6.07) is 4.56. The van der Waals surface area contributed by atoms with Crippen LogP contribution in [0.4, 0.5) is 4.79 Å². The first-order valence-electron chi connectivity index (χ1n) is 8.15. The lowest BCUT2D eigenvalue weighted by Crippen LogP contribution is -2.49. The molecule has 0 aromatic heterocycles. The molecule has 2 heterocycles. The number of hydrogen-bond acceptors (Lipinski definition) is 5. The topological polar surface area (TPSA) is 88.2 Å². The number of hydrogen-bond donors (Lipinski definition) is 1. The summed E-state index contributed by atoms with van der Waals surface area (Å²) in [6.07, 6.45) is 1.15. The average Bonchev–Trinajstić information content (AvgIpc) is 2.99. The van der Waals surface area contributed by atoms with Crippen molar-refractivity contribution in [2.45, 2.75) is 18.9 Å². The summed E-state index contributed by atoms with van der Waals surface area (Å²) < 4.78 is 10.4. The standard InChI is InChI=1S/C17H21N3O5/c1-24-13-7-11(8-14(9-13)25-2)16(22)19-5-3-12(4-6-19)20-15(21)10-18-17(20)23/h7-9,12H,3-6,10H2,1-2H3,(H,18,23). The molecule has 8 nitrogen and oxygen atoms in total. The molecule has 134 valence electrons. The van der Waals surface area contributed by atoms with Gasteiger partial charge >= 0.3 is 6.03 Å². The van der Waals surface area contributed by atoms with E-state index in [4.69, 9.17) is 9.47 Å². The number of rotatable bonds is 4. The van der Waals surface area contributed by atoms with E-state index in [2.05, 4.69) is 5.32 Å². The maximum Gasteiger partial charge on any atom is 0.324 e. The van der Waals surface area contributed by atoms with Gasteiger partial charge in [-0.05, 0) is 25.0 Å². The number of ether oxygens (including phenoxy) is 2. The molecule has 2 aliphatic heterocycles. The maximum atomic E-state index is 12.7. The zero-order valence-electron chi connectivity index (χ0n) is 14.3. The van der Waals surface area contributed by atoms with Gasteiger partial charge in [-0.1, -0.05) is 0 Å². The number of nitrogens with one attached hydrogen (secondary N) is 1. The van der Waals surface area contributed by atoms with Gasteiger partial charge in [0, 0.05) is 30.8 Å². The number of imide groups is 1. The lowest BCUT2D eigenvalue weighted by atomic mass is 10.0. The van der Waals surface area contributed by atoms with Crippen LogP contribution in [0.1, 0.15) is 23.2 Å². The van der Waals surface area contributed by atoms with Crippen molar-refractivity contribution in [3.05, 3.63) is 23.8 Å². The van der Waals surface area contributed by atoms with E-state index >= 15 is 0 Å². The maximum absolute atomic E-state index is 12.7. The van der Waals surface area contributed by atoms with Gasteiger partial charge in [-0.3, -0.25) is 14.5 Å². The van der Waals surface area contributed by atoms with Crippen molar-refractivity contribution in [3.8, 4) is 11.5 Å². The molecule has 0 bridgehead atoms. The molecule has 0 saturated carbocycles. The third-order valence-corrected chi connectivity index (χ3v) is 4.59. The molecule has 1 N–H and O–H groups in total. The number of carbonyl (C=O) groups is 3. The van der Waals surface area contributed by atoms with Crippen LogP contribution in [0.25, 0.3) is 0 Å². The van der Waals surface area contributed by atoms with Crippen molar-refractivity contribution in [2.75, 3.05) is 33.9 Å². The fourth-order valence-corrected chi connectivity index (χ4v) is 3.24. The second-order valence-electron chi connectivity index (χ2n) is 6.05. The summed E-state index contributed by atoms with van der Waals surface area (Å²) in [5.74, 6) is 0.786. The van der Waals surface area contributed by atoms with E-state index in [0.717, 1.165) is 0 Å². The van der Waals surface area contributed by atoms with Gasteiger partial charge in [0.2, 0.25) is 5.91 Å². The number of methoxy groups -OCH3 is 2. The van der Waals surface area contributed by atoms with Crippen LogP contribution < -0.4 is 14.8 Å². The number of amides is 4. The van der Waals surface area contributed by atoms with E-state index in [1.807, 2.05) is 0 Å². The summed E-state index contributed by atoms with van der Waals surface area (Å²) in [5, 5.41) is 2.53. The van der Waals surface area contributed by atoms with Crippen LogP contribution in [0.5, 0.6) is 11.5 Å². The fourth-order valence-electron chi connectivity index (χ4n) is 3.24. The van der Waals surface area contributed by atoms with Crippen molar-refractivity contribution in [3.63, 3.8) is 0 Å². The molecular formula is C17H21N3O5. The first-order valence-corrected chi connectivity index (χ1v) is 8.15. The van der Waals surface area contributed by atoms with E-state index < -0.39 is 0 Å². The molecule has 0 radical (unpaired) electrons. The molecule has 0 atom stereocenters. The zero-order valence-corrected chi connectivity index (χ0v) is 14.3. The van der Waals surface area contributed by atoms with Crippen LogP contribution in [0.15, 0.2) is 18.2 Å². The first-order chi connectivity index (χ1) is 12.0. The molecular weight excluding hydrogens is 326 g/mol. The Morgan fingerprint density at radius 3 is 2.16 bits per heavy atom. The molecule has 25 heavy (non-hydrogen) atoms. The van der Waals surface area contributed by atoms with E-state index in [1.54, 1.807) is 23.1 Å². The number of benzene rings is 1. The van der Waals surface area contributed by atoms with Crippen molar-refractivity contribution in [1.29, 1.82) is 0 Å². The highest BCUT2D eigenvalue weighted by molar-refractivity contribution is 6.02. The minimum atomic E-state index is -0.340. The molecule has 8 heteroatoms. The molecule has 0 unspecified atom stereocenters. The Bertz CT molecular complexity index is 659. The number of piperidine rings is 1. The van der Waals surface area contributed by atoms with Crippen LogP contribution in [0, 0.1) is 0 Å². The number of urea groups is 1. The monoisotopic (exact) mass is 347 g/mol. The Morgan fingerprint density at radius 2 is 1.68 bits per heavy atom. The van der Waals surface area contributed by atoms with Crippen molar-refractivity contribution in [1.82, 2.24) is 15.1 Å². The number of likely N-dealkylation sites (tertiary alicyclic amines) is 1. The Hall–Kier alpha value is -2.77. The molecule has 0 spiro atoms. The summed E-state index contributed by atoms with van der Waals surface area (Å²) in [4.78, 5) is 39.3. The summed E-state index contributed by atoms with van der Waals surface area (Å²) >= 11 is 0. The van der Waals surface area contributed by atoms with Crippen molar-refractivity contribution in [2.24, 2.45) is 0 Å². The third-order valence-electron chi connectivity index (χ3n) is 4.59. The van der Waals surface area contributed by atoms with Crippen molar-refractivity contribution < 1.29 is 23.9 Å². The number of carbonyl (C=O) groups excluding carboxylic acids is 3. The molecule has 0 aliphatic carbocycles. The van der Waals surface area contributed by atoms with Crippen LogP contribution in [0.3, 0.4) is 0 Å². The Labute approximate surface area is 145 Å². The third kappa shape index (κ3) is 3.38. The van der Waals surface area contributed by atoms with Gasteiger partial charge in [0.15, 0.2) is 0 Å². The molecule has 3 rings (SSSR count). The van der Waals surface area contributed by atoms with E-state index in [9.17, 15) is 14.4 Å². The number of nitrogens with zero attached hydrogens (tertiary/aromatic N) is 2. The largest absolute Gasteiger partial charge is 0.497 e. The Balaban J connectivity index is 1.67. The van der Waals surface area contributed by atoms with Gasteiger partial charge in [-0.2, -0.15) is 0 Å². The Kier molecular flexibility index (Phi) is 4.78. The normalized spacial score (nSPS) is 18.3. The van der Waals surface area contributed by atoms with Crippen LogP contribution in [-0.2, 0) is 4.79 Å². The molecule has 1 aromatic carbocycles. The van der Waals surface area contributed by atoms with Crippen LogP contribution in [0.2, 0.25) is 0 Å². The predicted octanol–water partition coefficient (Wildman–Crippen LogP) is 0.860. The molecule has 1 aromatic rings.